The molecular weight excluding hydrogens is 328 g/mol. The minimum atomic E-state index is 0.0221. The lowest BCUT2D eigenvalue weighted by atomic mass is 9.82. The van der Waals surface area contributed by atoms with Crippen LogP contribution in [0.5, 0.6) is 0 Å². The first kappa shape index (κ1) is 16.8. The number of carbonyl (C=O) groups excluding carboxylic acids is 1. The van der Waals surface area contributed by atoms with Crippen LogP contribution in [0, 0.1) is 5.92 Å². The maximum Gasteiger partial charge on any atom is 0.224 e. The first-order valence-electron chi connectivity index (χ1n) is 9.62. The number of hydrogen-bond donors (Lipinski definition) is 1. The second-order valence-electron chi connectivity index (χ2n) is 7.37. The molecule has 4 rings (SSSR count). The topological polar surface area (TPSA) is 42.0 Å². The molecule has 1 aromatic heterocycles. The van der Waals surface area contributed by atoms with Gasteiger partial charge in [0.25, 0.3) is 0 Å². The van der Waals surface area contributed by atoms with Crippen molar-refractivity contribution in [3.8, 4) is 0 Å². The Labute approximate surface area is 153 Å². The summed E-state index contributed by atoms with van der Waals surface area (Å²) in [7, 11) is 0. The summed E-state index contributed by atoms with van der Waals surface area (Å²) in [6, 6.07) is 8.64. The number of benzene rings is 1. The molecule has 0 spiro atoms. The van der Waals surface area contributed by atoms with Gasteiger partial charge in [-0.25, -0.2) is 4.98 Å². The van der Waals surface area contributed by atoms with Crippen LogP contribution in [0.1, 0.15) is 62.3 Å². The van der Waals surface area contributed by atoms with E-state index in [1.807, 2.05) is 6.07 Å². The van der Waals surface area contributed by atoms with E-state index in [1.165, 1.54) is 30.4 Å². The van der Waals surface area contributed by atoms with Crippen molar-refractivity contribution in [2.24, 2.45) is 5.92 Å². The number of para-hydroxylation sites is 1. The summed E-state index contributed by atoms with van der Waals surface area (Å²) in [5, 5.41) is 4.48. The van der Waals surface area contributed by atoms with Crippen LogP contribution in [0.4, 0.5) is 0 Å². The Kier molecular flexibility index (Phi) is 5.16. The van der Waals surface area contributed by atoms with Crippen LogP contribution < -0.4 is 5.32 Å². The molecule has 3 nitrogen and oxygen atoms in total. The average Bonchev–Trinajstić information content (AvgIpc) is 2.92. The summed E-state index contributed by atoms with van der Waals surface area (Å²) < 4.78 is 1.22. The van der Waals surface area contributed by atoms with Gasteiger partial charge in [0.15, 0.2) is 0 Å². The van der Waals surface area contributed by atoms with Crippen molar-refractivity contribution in [1.29, 1.82) is 0 Å². The zero-order valence-corrected chi connectivity index (χ0v) is 15.4. The van der Waals surface area contributed by atoms with Crippen LogP contribution in [0.15, 0.2) is 36.4 Å². The highest BCUT2D eigenvalue weighted by molar-refractivity contribution is 7.18. The summed E-state index contributed by atoms with van der Waals surface area (Å²) >= 11 is 1.75. The SMILES string of the molecule is O=C(NC1CCCCCC1)C1CC=CCC1c1nc2ccccc2s1. The Hall–Kier alpha value is -1.68. The number of hydrogen-bond acceptors (Lipinski definition) is 3. The van der Waals surface area contributed by atoms with Crippen LogP contribution in [0.25, 0.3) is 10.2 Å². The van der Waals surface area contributed by atoms with Crippen LogP contribution in [0.2, 0.25) is 0 Å². The van der Waals surface area contributed by atoms with E-state index < -0.39 is 0 Å². The van der Waals surface area contributed by atoms with Gasteiger partial charge in [-0.05, 0) is 37.8 Å². The minimum Gasteiger partial charge on any atom is -0.353 e. The molecule has 2 aliphatic rings. The van der Waals surface area contributed by atoms with Crippen molar-refractivity contribution in [1.82, 2.24) is 10.3 Å². The predicted molar refractivity (Wildman–Crippen MR) is 104 cm³/mol. The van der Waals surface area contributed by atoms with Gasteiger partial charge >= 0.3 is 0 Å². The van der Waals surface area contributed by atoms with Crippen molar-refractivity contribution in [3.05, 3.63) is 41.4 Å². The summed E-state index contributed by atoms with van der Waals surface area (Å²) in [5.74, 6) is 0.475. The number of aromatic nitrogens is 1. The molecule has 132 valence electrons. The zero-order valence-electron chi connectivity index (χ0n) is 14.6. The van der Waals surface area contributed by atoms with E-state index in [0.29, 0.717) is 6.04 Å². The third-order valence-corrected chi connectivity index (χ3v) is 6.77. The van der Waals surface area contributed by atoms with E-state index in [1.54, 1.807) is 11.3 Å². The predicted octanol–water partition coefficient (Wildman–Crippen LogP) is 5.19. The van der Waals surface area contributed by atoms with Crippen molar-refractivity contribution >= 4 is 27.5 Å². The Morgan fingerprint density at radius 2 is 1.80 bits per heavy atom. The van der Waals surface area contributed by atoms with Gasteiger partial charge < -0.3 is 5.32 Å². The Bertz CT molecular complexity index is 725. The molecule has 1 amide bonds. The third kappa shape index (κ3) is 3.79. The summed E-state index contributed by atoms with van der Waals surface area (Å²) in [4.78, 5) is 17.8. The Morgan fingerprint density at radius 3 is 2.60 bits per heavy atom. The second kappa shape index (κ2) is 7.69. The minimum absolute atomic E-state index is 0.0221. The standard InChI is InChI=1S/C21H26N2OS/c24-20(22-15-9-3-1-2-4-10-15)16-11-5-6-12-17(16)21-23-18-13-7-8-14-19(18)25-21/h5-8,13-17H,1-4,9-12H2,(H,22,24). The molecule has 2 aromatic rings. The molecule has 4 heteroatoms. The molecule has 1 aromatic carbocycles. The van der Waals surface area contributed by atoms with Gasteiger partial charge in [0.2, 0.25) is 5.91 Å². The summed E-state index contributed by atoms with van der Waals surface area (Å²) in [6.07, 6.45) is 13.5. The van der Waals surface area contributed by atoms with Gasteiger partial charge in [-0.3, -0.25) is 4.79 Å². The van der Waals surface area contributed by atoms with Gasteiger partial charge in [-0.15, -0.1) is 11.3 Å². The lowest BCUT2D eigenvalue weighted by molar-refractivity contribution is -0.126. The van der Waals surface area contributed by atoms with Gasteiger partial charge in [0.05, 0.1) is 21.1 Å². The molecule has 25 heavy (non-hydrogen) atoms. The smallest absolute Gasteiger partial charge is 0.224 e. The average molecular weight is 355 g/mol. The number of thiazole rings is 1. The summed E-state index contributed by atoms with van der Waals surface area (Å²) in [6.45, 7) is 0. The highest BCUT2D eigenvalue weighted by Gasteiger charge is 2.33. The number of rotatable bonds is 3. The second-order valence-corrected chi connectivity index (χ2v) is 8.43. The van der Waals surface area contributed by atoms with Gasteiger partial charge in [0, 0.05) is 12.0 Å². The maximum absolute atomic E-state index is 13.0. The molecule has 2 unspecified atom stereocenters. The molecule has 2 atom stereocenters. The fraction of sp³-hybridized carbons (Fsp3) is 0.524. The largest absolute Gasteiger partial charge is 0.353 e. The third-order valence-electron chi connectivity index (χ3n) is 5.60. The molecule has 1 saturated carbocycles. The lowest BCUT2D eigenvalue weighted by Gasteiger charge is -2.28. The van der Waals surface area contributed by atoms with Crippen molar-refractivity contribution in [2.75, 3.05) is 0 Å². The van der Waals surface area contributed by atoms with Gasteiger partial charge in [0.1, 0.15) is 0 Å². The van der Waals surface area contributed by atoms with Gasteiger partial charge in [-0.1, -0.05) is 50.0 Å². The van der Waals surface area contributed by atoms with E-state index in [9.17, 15) is 4.79 Å². The molecule has 1 heterocycles. The number of amides is 1. The molecule has 0 bridgehead atoms. The van der Waals surface area contributed by atoms with Crippen molar-refractivity contribution in [2.45, 2.75) is 63.3 Å². The molecule has 1 fully saturated rings. The fourth-order valence-corrected chi connectivity index (χ4v) is 5.30. The van der Waals surface area contributed by atoms with E-state index in [0.717, 1.165) is 36.2 Å². The molecule has 0 saturated heterocycles. The monoisotopic (exact) mass is 354 g/mol. The van der Waals surface area contributed by atoms with Crippen LogP contribution in [0.3, 0.4) is 0 Å². The van der Waals surface area contributed by atoms with E-state index in [-0.39, 0.29) is 17.7 Å². The quantitative estimate of drug-likeness (QED) is 0.609. The van der Waals surface area contributed by atoms with Crippen LogP contribution >= 0.6 is 11.3 Å². The lowest BCUT2D eigenvalue weighted by Crippen LogP contribution is -2.41. The van der Waals surface area contributed by atoms with Gasteiger partial charge in [-0.2, -0.15) is 0 Å². The Balaban J connectivity index is 1.52. The van der Waals surface area contributed by atoms with Crippen molar-refractivity contribution in [3.63, 3.8) is 0 Å². The van der Waals surface area contributed by atoms with Crippen LogP contribution in [-0.4, -0.2) is 16.9 Å². The highest BCUT2D eigenvalue weighted by atomic mass is 32.1. The first-order chi connectivity index (χ1) is 12.3. The zero-order chi connectivity index (χ0) is 17.1. The number of allylic oxidation sites excluding steroid dienone is 2. The van der Waals surface area contributed by atoms with Crippen LogP contribution in [-0.2, 0) is 4.79 Å². The number of nitrogens with zero attached hydrogens (tertiary/aromatic N) is 1. The fourth-order valence-electron chi connectivity index (χ4n) is 4.16. The molecule has 2 aliphatic carbocycles. The molecule has 0 aliphatic heterocycles. The highest BCUT2D eigenvalue weighted by Crippen LogP contribution is 2.38. The normalized spacial score (nSPS) is 25.0. The summed E-state index contributed by atoms with van der Waals surface area (Å²) in [5.41, 5.74) is 1.06. The number of fused-ring (bicyclic) bond motifs is 1. The van der Waals surface area contributed by atoms with E-state index in [4.69, 9.17) is 4.98 Å². The molecule has 1 N–H and O–H groups in total. The number of carbonyl (C=O) groups is 1. The van der Waals surface area contributed by atoms with E-state index in [2.05, 4.69) is 35.7 Å². The van der Waals surface area contributed by atoms with Crippen molar-refractivity contribution < 1.29 is 4.79 Å². The number of nitrogens with one attached hydrogen (secondary N) is 1. The molecule has 0 radical (unpaired) electrons. The first-order valence-corrected chi connectivity index (χ1v) is 10.4. The molecular formula is C21H26N2OS. The van der Waals surface area contributed by atoms with E-state index >= 15 is 0 Å². The Morgan fingerprint density at radius 1 is 1.04 bits per heavy atom. The maximum atomic E-state index is 13.0.